The zero-order valence-electron chi connectivity index (χ0n) is 11.2. The maximum atomic E-state index is 12.2. The zero-order valence-corrected chi connectivity index (χ0v) is 11.2. The average molecular weight is 262 g/mol. The molecular weight excluding hydrogens is 244 g/mol. The number of ether oxygens (including phenoxy) is 1. The number of rotatable bonds is 3. The van der Waals surface area contributed by atoms with E-state index in [1.807, 2.05) is 31.2 Å². The molecule has 1 aromatic carbocycles. The van der Waals surface area contributed by atoms with Crippen LogP contribution in [0.3, 0.4) is 0 Å². The van der Waals surface area contributed by atoms with Crippen LogP contribution in [0.5, 0.6) is 5.75 Å². The number of amides is 2. The third-order valence-corrected chi connectivity index (χ3v) is 3.02. The standard InChI is InChI=1S/C14H18N2O3/c1-3-19-12-6-4-5-11(9-12)16-8-7-13(17)15-10(2)14(16)18/h4-6,9-10H,3,7-8H2,1-2H3,(H,15,17). The Morgan fingerprint density at radius 3 is 2.95 bits per heavy atom. The second-order valence-electron chi connectivity index (χ2n) is 4.46. The first kappa shape index (κ1) is 13.4. The molecule has 1 aromatic rings. The predicted molar refractivity (Wildman–Crippen MR) is 72.2 cm³/mol. The van der Waals surface area contributed by atoms with E-state index in [4.69, 9.17) is 4.74 Å². The van der Waals surface area contributed by atoms with E-state index in [9.17, 15) is 9.59 Å². The van der Waals surface area contributed by atoms with Crippen LogP contribution in [0.25, 0.3) is 0 Å². The Hall–Kier alpha value is -2.04. The second kappa shape index (κ2) is 5.73. The maximum Gasteiger partial charge on any atom is 0.249 e. The molecule has 1 atom stereocenters. The third kappa shape index (κ3) is 3.05. The largest absolute Gasteiger partial charge is 0.494 e. The van der Waals surface area contributed by atoms with Gasteiger partial charge in [0.2, 0.25) is 11.8 Å². The van der Waals surface area contributed by atoms with Crippen LogP contribution in [0.2, 0.25) is 0 Å². The van der Waals surface area contributed by atoms with Gasteiger partial charge in [0.25, 0.3) is 0 Å². The van der Waals surface area contributed by atoms with Crippen LogP contribution in [0.1, 0.15) is 20.3 Å². The van der Waals surface area contributed by atoms with Crippen molar-refractivity contribution in [3.8, 4) is 5.75 Å². The van der Waals surface area contributed by atoms with Crippen molar-refractivity contribution in [2.45, 2.75) is 26.3 Å². The molecule has 0 saturated carbocycles. The molecule has 1 unspecified atom stereocenters. The normalized spacial score (nSPS) is 19.9. The van der Waals surface area contributed by atoms with Gasteiger partial charge in [0.1, 0.15) is 11.8 Å². The van der Waals surface area contributed by atoms with Crippen LogP contribution in [-0.4, -0.2) is 31.0 Å². The lowest BCUT2D eigenvalue weighted by Gasteiger charge is -2.22. The molecule has 0 spiro atoms. The van der Waals surface area contributed by atoms with Crippen molar-refractivity contribution in [2.75, 3.05) is 18.1 Å². The Kier molecular flexibility index (Phi) is 4.04. The van der Waals surface area contributed by atoms with Gasteiger partial charge in [-0.2, -0.15) is 0 Å². The molecule has 1 fully saturated rings. The van der Waals surface area contributed by atoms with E-state index < -0.39 is 6.04 Å². The first-order valence-electron chi connectivity index (χ1n) is 6.45. The van der Waals surface area contributed by atoms with Crippen molar-refractivity contribution in [2.24, 2.45) is 0 Å². The molecule has 1 aliphatic heterocycles. The lowest BCUT2D eigenvalue weighted by Crippen LogP contribution is -2.42. The Morgan fingerprint density at radius 1 is 1.42 bits per heavy atom. The van der Waals surface area contributed by atoms with Gasteiger partial charge in [-0.1, -0.05) is 6.07 Å². The predicted octanol–water partition coefficient (Wildman–Crippen LogP) is 1.33. The molecule has 19 heavy (non-hydrogen) atoms. The number of hydrogen-bond acceptors (Lipinski definition) is 3. The lowest BCUT2D eigenvalue weighted by molar-refractivity contribution is -0.125. The first-order valence-corrected chi connectivity index (χ1v) is 6.45. The number of hydrogen-bond donors (Lipinski definition) is 1. The summed E-state index contributed by atoms with van der Waals surface area (Å²) < 4.78 is 5.43. The molecule has 1 saturated heterocycles. The molecule has 2 amide bonds. The van der Waals surface area contributed by atoms with Crippen molar-refractivity contribution in [3.63, 3.8) is 0 Å². The SMILES string of the molecule is CCOc1cccc(N2CCC(=O)NC(C)C2=O)c1. The fourth-order valence-electron chi connectivity index (χ4n) is 2.10. The minimum Gasteiger partial charge on any atom is -0.494 e. The van der Waals surface area contributed by atoms with Gasteiger partial charge in [-0.25, -0.2) is 0 Å². The van der Waals surface area contributed by atoms with Crippen LogP contribution in [0.4, 0.5) is 5.69 Å². The van der Waals surface area contributed by atoms with Gasteiger partial charge < -0.3 is 15.0 Å². The van der Waals surface area contributed by atoms with E-state index in [-0.39, 0.29) is 11.8 Å². The Balaban J connectivity index is 2.26. The number of nitrogens with zero attached hydrogens (tertiary/aromatic N) is 1. The fraction of sp³-hybridized carbons (Fsp3) is 0.429. The highest BCUT2D eigenvalue weighted by Gasteiger charge is 2.27. The second-order valence-corrected chi connectivity index (χ2v) is 4.46. The van der Waals surface area contributed by atoms with E-state index in [1.54, 1.807) is 11.8 Å². The Morgan fingerprint density at radius 2 is 2.21 bits per heavy atom. The number of nitrogens with one attached hydrogen (secondary N) is 1. The van der Waals surface area contributed by atoms with Crippen LogP contribution >= 0.6 is 0 Å². The molecule has 5 heteroatoms. The van der Waals surface area contributed by atoms with Gasteiger partial charge in [0.15, 0.2) is 0 Å². The minimum absolute atomic E-state index is 0.0932. The number of anilines is 1. The summed E-state index contributed by atoms with van der Waals surface area (Å²) in [6, 6.07) is 6.87. The van der Waals surface area contributed by atoms with Gasteiger partial charge in [-0.15, -0.1) is 0 Å². The van der Waals surface area contributed by atoms with Crippen molar-refractivity contribution < 1.29 is 14.3 Å². The van der Waals surface area contributed by atoms with Crippen LogP contribution in [0, 0.1) is 0 Å². The van der Waals surface area contributed by atoms with Crippen molar-refractivity contribution in [3.05, 3.63) is 24.3 Å². The summed E-state index contributed by atoms with van der Waals surface area (Å²) in [6.45, 7) is 4.58. The van der Waals surface area contributed by atoms with Crippen molar-refractivity contribution in [1.82, 2.24) is 5.32 Å². The summed E-state index contributed by atoms with van der Waals surface area (Å²) >= 11 is 0. The van der Waals surface area contributed by atoms with Crippen LogP contribution in [0.15, 0.2) is 24.3 Å². The Bertz CT molecular complexity index is 487. The van der Waals surface area contributed by atoms with Gasteiger partial charge in [-0.3, -0.25) is 9.59 Å². The Labute approximate surface area is 112 Å². The molecule has 0 aromatic heterocycles. The molecule has 0 aliphatic carbocycles. The lowest BCUT2D eigenvalue weighted by atomic mass is 10.2. The summed E-state index contributed by atoms with van der Waals surface area (Å²) in [5.41, 5.74) is 0.763. The molecule has 1 heterocycles. The molecule has 2 rings (SSSR count). The fourth-order valence-corrected chi connectivity index (χ4v) is 2.10. The average Bonchev–Trinajstić information content (AvgIpc) is 2.51. The first-order chi connectivity index (χ1) is 9.11. The summed E-state index contributed by atoms with van der Waals surface area (Å²) in [7, 11) is 0. The van der Waals surface area contributed by atoms with Crippen molar-refractivity contribution >= 4 is 17.5 Å². The van der Waals surface area contributed by atoms with Crippen molar-refractivity contribution in [1.29, 1.82) is 0 Å². The number of carbonyl (C=O) groups excluding carboxylic acids is 2. The molecule has 1 aliphatic rings. The zero-order chi connectivity index (χ0) is 13.8. The van der Waals surface area contributed by atoms with E-state index in [1.165, 1.54) is 0 Å². The molecule has 102 valence electrons. The highest BCUT2D eigenvalue weighted by Crippen LogP contribution is 2.23. The highest BCUT2D eigenvalue weighted by atomic mass is 16.5. The van der Waals surface area contributed by atoms with E-state index >= 15 is 0 Å². The minimum atomic E-state index is -0.495. The molecule has 1 N–H and O–H groups in total. The monoisotopic (exact) mass is 262 g/mol. The number of carbonyl (C=O) groups is 2. The summed E-state index contributed by atoms with van der Waals surface area (Å²) in [5.74, 6) is 0.535. The van der Waals surface area contributed by atoms with E-state index in [0.717, 1.165) is 11.4 Å². The smallest absolute Gasteiger partial charge is 0.249 e. The highest BCUT2D eigenvalue weighted by molar-refractivity contribution is 6.01. The van der Waals surface area contributed by atoms with E-state index in [0.29, 0.717) is 19.6 Å². The topological polar surface area (TPSA) is 58.6 Å². The number of benzene rings is 1. The molecule has 0 bridgehead atoms. The molecule has 5 nitrogen and oxygen atoms in total. The van der Waals surface area contributed by atoms with Gasteiger partial charge in [-0.05, 0) is 26.0 Å². The summed E-state index contributed by atoms with van der Waals surface area (Å²) in [4.78, 5) is 25.3. The molecule has 0 radical (unpaired) electrons. The summed E-state index contributed by atoms with van der Waals surface area (Å²) in [6.07, 6.45) is 0.314. The quantitative estimate of drug-likeness (QED) is 0.894. The third-order valence-electron chi connectivity index (χ3n) is 3.02. The summed E-state index contributed by atoms with van der Waals surface area (Å²) in [5, 5.41) is 2.67. The molecular formula is C14H18N2O3. The van der Waals surface area contributed by atoms with Crippen LogP contribution in [-0.2, 0) is 9.59 Å². The van der Waals surface area contributed by atoms with E-state index in [2.05, 4.69) is 5.32 Å². The van der Waals surface area contributed by atoms with Gasteiger partial charge >= 0.3 is 0 Å². The van der Waals surface area contributed by atoms with Gasteiger partial charge in [0.05, 0.1) is 6.61 Å². The van der Waals surface area contributed by atoms with Crippen LogP contribution < -0.4 is 15.0 Å². The maximum absolute atomic E-state index is 12.2. The van der Waals surface area contributed by atoms with Gasteiger partial charge in [0, 0.05) is 24.7 Å².